The molecule has 3 heteroatoms. The lowest BCUT2D eigenvalue weighted by Gasteiger charge is -1.96. The summed E-state index contributed by atoms with van der Waals surface area (Å²) >= 11 is 10.9. The van der Waals surface area contributed by atoms with Crippen LogP contribution < -0.4 is 5.32 Å². The highest BCUT2D eigenvalue weighted by Gasteiger charge is 1.86. The van der Waals surface area contributed by atoms with Crippen LogP contribution in [0.3, 0.4) is 0 Å². The summed E-state index contributed by atoms with van der Waals surface area (Å²) in [4.78, 5) is 0. The van der Waals surface area contributed by atoms with E-state index in [1.54, 1.807) is 0 Å². The zero-order chi connectivity index (χ0) is 6.95. The van der Waals surface area contributed by atoms with Crippen LogP contribution in [0.15, 0.2) is 0 Å². The van der Waals surface area contributed by atoms with Gasteiger partial charge in [0.25, 0.3) is 0 Å². The van der Waals surface area contributed by atoms with Crippen LogP contribution in [0.2, 0.25) is 0 Å². The van der Waals surface area contributed by atoms with Gasteiger partial charge in [-0.05, 0) is 12.8 Å². The second-order valence-corrected chi connectivity index (χ2v) is 2.51. The molecule has 1 nitrogen and oxygen atoms in total. The van der Waals surface area contributed by atoms with Gasteiger partial charge >= 0.3 is 0 Å². The molecule has 0 aliphatic heterocycles. The summed E-state index contributed by atoms with van der Waals surface area (Å²) in [5.41, 5.74) is 0. The van der Waals surface area contributed by atoms with Gasteiger partial charge in [-0.2, -0.15) is 0 Å². The summed E-state index contributed by atoms with van der Waals surface area (Å²) in [5.74, 6) is 1.43. The number of hydrogen-bond acceptors (Lipinski definition) is 0. The first kappa shape index (κ1) is 9.54. The maximum absolute atomic E-state index is 5.43. The normalized spacial score (nSPS) is 10.0. The van der Waals surface area contributed by atoms with Gasteiger partial charge in [0.1, 0.15) is 0 Å². The van der Waals surface area contributed by atoms with Crippen molar-refractivity contribution in [2.45, 2.75) is 12.8 Å². The lowest BCUT2D eigenvalue weighted by molar-refractivity contribution is 0.652. The highest BCUT2D eigenvalue weighted by molar-refractivity contribution is 6.18. The van der Waals surface area contributed by atoms with Gasteiger partial charge in [0.2, 0.25) is 0 Å². The maximum Gasteiger partial charge on any atom is 0.0236 e. The maximum atomic E-state index is 5.43. The zero-order valence-corrected chi connectivity index (χ0v) is 6.96. The molecule has 0 saturated heterocycles. The molecule has 0 spiro atoms. The van der Waals surface area contributed by atoms with E-state index in [1.165, 1.54) is 0 Å². The van der Waals surface area contributed by atoms with Crippen molar-refractivity contribution < 1.29 is 0 Å². The van der Waals surface area contributed by atoms with Crippen LogP contribution in [0.4, 0.5) is 0 Å². The zero-order valence-electron chi connectivity index (χ0n) is 5.45. The van der Waals surface area contributed by atoms with E-state index in [9.17, 15) is 0 Å². The standard InChI is InChI=1S/C6H12Cl2N/c7-3-1-5-9-6-2-4-8/h1-6H2. The summed E-state index contributed by atoms with van der Waals surface area (Å²) in [6.45, 7) is 1.78. The average molecular weight is 169 g/mol. The minimum Gasteiger partial charge on any atom is -0.242 e. The van der Waals surface area contributed by atoms with Crippen molar-refractivity contribution in [2.24, 2.45) is 0 Å². The van der Waals surface area contributed by atoms with Gasteiger partial charge in [0, 0.05) is 24.8 Å². The Morgan fingerprint density at radius 3 is 1.67 bits per heavy atom. The number of rotatable bonds is 6. The monoisotopic (exact) mass is 168 g/mol. The van der Waals surface area contributed by atoms with Crippen molar-refractivity contribution in [3.8, 4) is 0 Å². The van der Waals surface area contributed by atoms with Crippen LogP contribution in [0.25, 0.3) is 0 Å². The fourth-order valence-corrected chi connectivity index (χ4v) is 0.694. The largest absolute Gasteiger partial charge is 0.242 e. The van der Waals surface area contributed by atoms with Gasteiger partial charge in [-0.3, -0.25) is 0 Å². The van der Waals surface area contributed by atoms with Crippen molar-refractivity contribution >= 4 is 23.2 Å². The number of hydrogen-bond donors (Lipinski definition) is 0. The van der Waals surface area contributed by atoms with E-state index in [0.29, 0.717) is 11.8 Å². The molecule has 0 aliphatic carbocycles. The first-order valence-electron chi connectivity index (χ1n) is 3.17. The van der Waals surface area contributed by atoms with Crippen LogP contribution >= 0.6 is 23.2 Å². The van der Waals surface area contributed by atoms with Gasteiger partial charge in [-0.15, -0.1) is 23.2 Å². The summed E-state index contributed by atoms with van der Waals surface area (Å²) in [6, 6.07) is 0. The van der Waals surface area contributed by atoms with Gasteiger partial charge in [-0.25, -0.2) is 5.32 Å². The summed E-state index contributed by atoms with van der Waals surface area (Å²) in [5, 5.41) is 4.18. The average Bonchev–Trinajstić information content (AvgIpc) is 1.89. The van der Waals surface area contributed by atoms with Crippen molar-refractivity contribution in [3.05, 3.63) is 0 Å². The Hall–Kier alpha value is 0.540. The molecule has 0 atom stereocenters. The summed E-state index contributed by atoms with van der Waals surface area (Å²) in [7, 11) is 0. The second kappa shape index (κ2) is 8.54. The molecule has 0 amide bonds. The molecular weight excluding hydrogens is 157 g/mol. The number of alkyl halides is 2. The molecule has 0 aliphatic rings. The Labute approximate surface area is 66.7 Å². The molecule has 0 saturated carbocycles. The molecule has 9 heavy (non-hydrogen) atoms. The summed E-state index contributed by atoms with van der Waals surface area (Å²) in [6.07, 6.45) is 1.98. The van der Waals surface area contributed by atoms with Crippen molar-refractivity contribution in [2.75, 3.05) is 24.8 Å². The van der Waals surface area contributed by atoms with Crippen molar-refractivity contribution in [1.82, 2.24) is 5.32 Å². The van der Waals surface area contributed by atoms with Crippen molar-refractivity contribution in [1.29, 1.82) is 0 Å². The molecule has 0 rings (SSSR count). The summed E-state index contributed by atoms with van der Waals surface area (Å²) < 4.78 is 0. The number of nitrogens with zero attached hydrogens (tertiary/aromatic N) is 1. The molecule has 55 valence electrons. The Morgan fingerprint density at radius 2 is 1.33 bits per heavy atom. The fraction of sp³-hybridized carbons (Fsp3) is 1.00. The van der Waals surface area contributed by atoms with E-state index >= 15 is 0 Å². The Morgan fingerprint density at radius 1 is 0.889 bits per heavy atom. The van der Waals surface area contributed by atoms with E-state index in [0.717, 1.165) is 25.9 Å². The molecule has 0 heterocycles. The highest BCUT2D eigenvalue weighted by atomic mass is 35.5. The topological polar surface area (TPSA) is 14.1 Å². The van der Waals surface area contributed by atoms with Crippen molar-refractivity contribution in [3.63, 3.8) is 0 Å². The highest BCUT2D eigenvalue weighted by Crippen LogP contribution is 1.85. The molecule has 0 aromatic carbocycles. The van der Waals surface area contributed by atoms with Gasteiger partial charge in [0.05, 0.1) is 0 Å². The van der Waals surface area contributed by atoms with Crippen LogP contribution in [0, 0.1) is 0 Å². The molecule has 0 N–H and O–H groups in total. The molecular formula is C6H12Cl2N. The Balaban J connectivity index is 2.60. The minimum absolute atomic E-state index is 0.713. The Kier molecular flexibility index (Phi) is 9.05. The van der Waals surface area contributed by atoms with Crippen LogP contribution in [-0.4, -0.2) is 24.8 Å². The lowest BCUT2D eigenvalue weighted by Crippen LogP contribution is -2.08. The molecule has 0 bridgehead atoms. The molecule has 0 aromatic heterocycles. The van der Waals surface area contributed by atoms with E-state index in [1.807, 2.05) is 0 Å². The predicted octanol–water partition coefficient (Wildman–Crippen LogP) is 1.85. The van der Waals surface area contributed by atoms with Gasteiger partial charge in [-0.1, -0.05) is 0 Å². The molecule has 1 radical (unpaired) electrons. The van der Waals surface area contributed by atoms with Crippen LogP contribution in [0.5, 0.6) is 0 Å². The van der Waals surface area contributed by atoms with Gasteiger partial charge < -0.3 is 0 Å². The smallest absolute Gasteiger partial charge is 0.0236 e. The van der Waals surface area contributed by atoms with E-state index in [2.05, 4.69) is 5.32 Å². The molecule has 0 aromatic rings. The van der Waals surface area contributed by atoms with E-state index in [-0.39, 0.29) is 0 Å². The third kappa shape index (κ3) is 8.54. The number of halogens is 2. The Bertz CT molecular complexity index is 44.3. The van der Waals surface area contributed by atoms with Crippen LogP contribution in [-0.2, 0) is 0 Å². The predicted molar refractivity (Wildman–Crippen MR) is 42.5 cm³/mol. The quantitative estimate of drug-likeness (QED) is 0.425. The lowest BCUT2D eigenvalue weighted by atomic mass is 10.4. The first-order chi connectivity index (χ1) is 4.41. The minimum atomic E-state index is 0.713. The SMILES string of the molecule is ClCCC[N]CCCCl. The third-order valence-corrected chi connectivity index (χ3v) is 1.43. The van der Waals surface area contributed by atoms with E-state index in [4.69, 9.17) is 23.2 Å². The first-order valence-corrected chi connectivity index (χ1v) is 4.24. The molecule has 0 unspecified atom stereocenters. The third-order valence-electron chi connectivity index (χ3n) is 0.900. The molecule has 0 fully saturated rings. The second-order valence-electron chi connectivity index (χ2n) is 1.76. The van der Waals surface area contributed by atoms with E-state index < -0.39 is 0 Å². The van der Waals surface area contributed by atoms with Gasteiger partial charge in [0.15, 0.2) is 0 Å². The fourth-order valence-electron chi connectivity index (χ4n) is 0.455. The van der Waals surface area contributed by atoms with Crippen LogP contribution in [0.1, 0.15) is 12.8 Å².